The molecular formula is C36H32N2O. The number of oxazole rings is 1. The Hall–Kier alpha value is -4.37. The van der Waals surface area contributed by atoms with E-state index in [1.807, 2.05) is 0 Å². The van der Waals surface area contributed by atoms with Gasteiger partial charge in [0.1, 0.15) is 11.5 Å². The predicted octanol–water partition coefficient (Wildman–Crippen LogP) is 9.54. The van der Waals surface area contributed by atoms with Gasteiger partial charge in [0.15, 0.2) is 0 Å². The molecule has 1 aliphatic rings. The van der Waals surface area contributed by atoms with Gasteiger partial charge in [0.05, 0.1) is 11.0 Å². The molecule has 0 fully saturated rings. The molecule has 4 aromatic carbocycles. The van der Waals surface area contributed by atoms with Gasteiger partial charge >= 0.3 is 6.01 Å². The van der Waals surface area contributed by atoms with Gasteiger partial charge < -0.3 is 4.42 Å². The molecule has 1 aliphatic carbocycles. The van der Waals surface area contributed by atoms with E-state index in [1.54, 1.807) is 0 Å². The van der Waals surface area contributed by atoms with Gasteiger partial charge in [-0.2, -0.15) is 4.98 Å². The van der Waals surface area contributed by atoms with Gasteiger partial charge in [-0.25, -0.2) is 0 Å². The van der Waals surface area contributed by atoms with Gasteiger partial charge in [0.25, 0.3) is 0 Å². The van der Waals surface area contributed by atoms with Crippen LogP contribution in [0.4, 0.5) is 0 Å². The Morgan fingerprint density at radius 3 is 1.74 bits per heavy atom. The van der Waals surface area contributed by atoms with Crippen LogP contribution in [-0.4, -0.2) is 9.55 Å². The Morgan fingerprint density at radius 1 is 0.718 bits per heavy atom. The summed E-state index contributed by atoms with van der Waals surface area (Å²) in [6, 6.07) is 27.3. The zero-order valence-corrected chi connectivity index (χ0v) is 23.2. The number of aryl methyl sites for hydroxylation is 4. The van der Waals surface area contributed by atoms with Crippen LogP contribution < -0.4 is 0 Å². The van der Waals surface area contributed by atoms with Crippen LogP contribution in [0.25, 0.3) is 56.2 Å². The third-order valence-electron chi connectivity index (χ3n) is 8.30. The minimum atomic E-state index is 0.455. The first-order valence-electron chi connectivity index (χ1n) is 13.8. The standard InChI is InChI=1S/C36H32N2O/c1-21-12-15-30-33(18-21)39-36(37-30)38-31-16-13-26(34-22(2)8-6-9-23(34)3)19-28(31)29-20-27(14-17-32(29)38)35-24(4)10-7-11-25(35)5/h6-17,19-21H,18H2,1-5H3. The molecule has 7 rings (SSSR count). The van der Waals surface area contributed by atoms with Crippen molar-refractivity contribution in [2.45, 2.75) is 41.0 Å². The van der Waals surface area contributed by atoms with Gasteiger partial charge in [-0.3, -0.25) is 4.57 Å². The molecule has 6 aromatic rings. The summed E-state index contributed by atoms with van der Waals surface area (Å²) in [5, 5.41) is 2.41. The van der Waals surface area contributed by atoms with E-state index in [0.717, 1.165) is 28.9 Å². The smallest absolute Gasteiger partial charge is 0.307 e. The third kappa shape index (κ3) is 3.76. The van der Waals surface area contributed by atoms with Gasteiger partial charge in [0.2, 0.25) is 0 Å². The Labute approximate surface area is 229 Å². The fourth-order valence-electron chi connectivity index (χ4n) is 6.42. The lowest BCUT2D eigenvalue weighted by molar-refractivity contribution is 0.467. The van der Waals surface area contributed by atoms with Crippen molar-refractivity contribution in [2.24, 2.45) is 5.92 Å². The van der Waals surface area contributed by atoms with Gasteiger partial charge in [-0.1, -0.05) is 61.5 Å². The molecule has 3 heteroatoms. The van der Waals surface area contributed by atoms with Crippen molar-refractivity contribution in [2.75, 3.05) is 0 Å². The first-order valence-corrected chi connectivity index (χ1v) is 13.8. The normalized spacial score (nSPS) is 14.8. The second-order valence-corrected chi connectivity index (χ2v) is 11.2. The molecule has 1 unspecified atom stereocenters. The van der Waals surface area contributed by atoms with E-state index in [0.29, 0.717) is 11.9 Å². The molecule has 2 aromatic heterocycles. The van der Waals surface area contributed by atoms with Crippen molar-refractivity contribution >= 4 is 27.9 Å². The van der Waals surface area contributed by atoms with Crippen LogP contribution in [0, 0.1) is 33.6 Å². The number of fused-ring (bicyclic) bond motifs is 4. The zero-order valence-electron chi connectivity index (χ0n) is 23.2. The van der Waals surface area contributed by atoms with Crippen LogP contribution in [0.5, 0.6) is 0 Å². The number of allylic oxidation sites excluding steroid dienone is 1. The molecule has 39 heavy (non-hydrogen) atoms. The van der Waals surface area contributed by atoms with Crippen molar-refractivity contribution < 1.29 is 4.42 Å². The van der Waals surface area contributed by atoms with Crippen molar-refractivity contribution in [1.29, 1.82) is 0 Å². The molecule has 0 amide bonds. The molecule has 3 nitrogen and oxygen atoms in total. The van der Waals surface area contributed by atoms with E-state index in [9.17, 15) is 0 Å². The highest BCUT2D eigenvalue weighted by Crippen LogP contribution is 2.39. The average Bonchev–Trinajstić information content (AvgIpc) is 3.46. The summed E-state index contributed by atoms with van der Waals surface area (Å²) in [5.41, 5.74) is 13.4. The van der Waals surface area contributed by atoms with Crippen LogP contribution >= 0.6 is 0 Å². The second-order valence-electron chi connectivity index (χ2n) is 11.2. The highest BCUT2D eigenvalue weighted by molar-refractivity contribution is 6.11. The maximum absolute atomic E-state index is 6.44. The lowest BCUT2D eigenvalue weighted by atomic mass is 9.93. The molecule has 0 radical (unpaired) electrons. The zero-order chi connectivity index (χ0) is 26.8. The number of hydrogen-bond acceptors (Lipinski definition) is 2. The fourth-order valence-corrected chi connectivity index (χ4v) is 6.42. The summed E-state index contributed by atoms with van der Waals surface area (Å²) in [6.07, 6.45) is 5.19. The largest absolute Gasteiger partial charge is 0.427 e. The molecule has 0 bridgehead atoms. The molecule has 192 valence electrons. The minimum Gasteiger partial charge on any atom is -0.427 e. The fraction of sp³-hybridized carbons (Fsp3) is 0.194. The van der Waals surface area contributed by atoms with E-state index in [2.05, 4.69) is 124 Å². The molecule has 1 atom stereocenters. The third-order valence-corrected chi connectivity index (χ3v) is 8.30. The van der Waals surface area contributed by atoms with Crippen molar-refractivity contribution in [3.8, 4) is 28.3 Å². The minimum absolute atomic E-state index is 0.455. The van der Waals surface area contributed by atoms with Crippen LogP contribution in [-0.2, 0) is 6.42 Å². The van der Waals surface area contributed by atoms with Gasteiger partial charge in [0, 0.05) is 17.2 Å². The SMILES string of the molecule is Cc1cccc(C)c1-c1ccc2c(c1)c1cc(-c3c(C)cccc3C)ccc1n2-c1nc2c(o1)CC(C)C=C2. The Morgan fingerprint density at radius 2 is 1.23 bits per heavy atom. The molecule has 0 spiro atoms. The Balaban J connectivity index is 1.53. The van der Waals surface area contributed by atoms with Gasteiger partial charge in [-0.05, 0) is 108 Å². The Bertz CT molecular complexity index is 1800. The number of rotatable bonds is 3. The van der Waals surface area contributed by atoms with Gasteiger partial charge in [-0.15, -0.1) is 0 Å². The quantitative estimate of drug-likeness (QED) is 0.238. The summed E-state index contributed by atoms with van der Waals surface area (Å²) in [6.45, 7) is 11.0. The number of aromatic nitrogens is 2. The topological polar surface area (TPSA) is 31.0 Å². The first kappa shape index (κ1) is 23.7. The molecule has 0 N–H and O–H groups in total. The summed E-state index contributed by atoms with van der Waals surface area (Å²) < 4.78 is 8.64. The summed E-state index contributed by atoms with van der Waals surface area (Å²) >= 11 is 0. The lowest BCUT2D eigenvalue weighted by Gasteiger charge is -2.11. The van der Waals surface area contributed by atoms with E-state index in [-0.39, 0.29) is 0 Å². The van der Waals surface area contributed by atoms with E-state index in [1.165, 1.54) is 55.3 Å². The molecule has 0 saturated carbocycles. The van der Waals surface area contributed by atoms with Crippen LogP contribution in [0.3, 0.4) is 0 Å². The first-order chi connectivity index (χ1) is 18.9. The maximum Gasteiger partial charge on any atom is 0.307 e. The molecular weight excluding hydrogens is 476 g/mol. The van der Waals surface area contributed by atoms with Crippen LogP contribution in [0.2, 0.25) is 0 Å². The highest BCUT2D eigenvalue weighted by atomic mass is 16.4. The monoisotopic (exact) mass is 508 g/mol. The summed E-state index contributed by atoms with van der Waals surface area (Å²) in [5.74, 6) is 1.42. The predicted molar refractivity (Wildman–Crippen MR) is 163 cm³/mol. The van der Waals surface area contributed by atoms with E-state index in [4.69, 9.17) is 9.40 Å². The number of hydrogen-bond donors (Lipinski definition) is 0. The van der Waals surface area contributed by atoms with Crippen molar-refractivity contribution in [1.82, 2.24) is 9.55 Å². The molecule has 0 aliphatic heterocycles. The second kappa shape index (κ2) is 8.84. The Kier molecular flexibility index (Phi) is 5.38. The number of benzene rings is 4. The average molecular weight is 509 g/mol. The van der Waals surface area contributed by atoms with E-state index < -0.39 is 0 Å². The highest BCUT2D eigenvalue weighted by Gasteiger charge is 2.22. The summed E-state index contributed by atoms with van der Waals surface area (Å²) in [4.78, 5) is 4.96. The van der Waals surface area contributed by atoms with Crippen molar-refractivity contribution in [3.63, 3.8) is 0 Å². The van der Waals surface area contributed by atoms with E-state index >= 15 is 0 Å². The molecule has 2 heterocycles. The maximum atomic E-state index is 6.44. The summed E-state index contributed by atoms with van der Waals surface area (Å²) in [7, 11) is 0. The van der Waals surface area contributed by atoms with Crippen LogP contribution in [0.1, 0.15) is 40.6 Å². The lowest BCUT2D eigenvalue weighted by Crippen LogP contribution is -2.00. The van der Waals surface area contributed by atoms with Crippen molar-refractivity contribution in [3.05, 3.63) is 113 Å². The number of nitrogens with zero attached hydrogens (tertiary/aromatic N) is 2. The van der Waals surface area contributed by atoms with Crippen LogP contribution in [0.15, 0.2) is 83.3 Å². The molecule has 0 saturated heterocycles.